The van der Waals surface area contributed by atoms with Crippen LogP contribution in [0.3, 0.4) is 0 Å². The van der Waals surface area contributed by atoms with E-state index in [-0.39, 0.29) is 22.4 Å². The Morgan fingerprint density at radius 1 is 1.21 bits per heavy atom. The topological polar surface area (TPSA) is 119 Å². The molecule has 0 amide bonds. The average Bonchev–Trinajstić information content (AvgIpc) is 2.95. The Balaban J connectivity index is 2.40. The number of aromatic nitrogens is 2. The lowest BCUT2D eigenvalue weighted by Gasteiger charge is -2.20. The van der Waals surface area contributed by atoms with Crippen LogP contribution in [0.25, 0.3) is 11.5 Å². The Morgan fingerprint density at radius 2 is 1.88 bits per heavy atom. The molecule has 0 fully saturated rings. The van der Waals surface area contributed by atoms with Crippen LogP contribution >= 0.6 is 0 Å². The predicted molar refractivity (Wildman–Crippen MR) is 88.5 cm³/mol. The highest BCUT2D eigenvalue weighted by atomic mass is 32.2. The van der Waals surface area contributed by atoms with Crippen LogP contribution in [0.15, 0.2) is 33.7 Å². The number of rotatable bonds is 6. The molecule has 24 heavy (non-hydrogen) atoms. The fourth-order valence-electron chi connectivity index (χ4n) is 2.09. The summed E-state index contributed by atoms with van der Waals surface area (Å²) < 4.78 is 54.3. The molecule has 1 heterocycles. The third-order valence-electron chi connectivity index (χ3n) is 3.25. The van der Waals surface area contributed by atoms with Crippen molar-refractivity contribution in [3.05, 3.63) is 30.1 Å². The van der Waals surface area contributed by atoms with Gasteiger partial charge in [0, 0.05) is 5.56 Å². The molecule has 8 nitrogen and oxygen atoms in total. The lowest BCUT2D eigenvalue weighted by Crippen LogP contribution is -2.41. The summed E-state index contributed by atoms with van der Waals surface area (Å²) in [6.45, 7) is 4.76. The summed E-state index contributed by atoms with van der Waals surface area (Å²) in [5.74, 6) is 0.241. The van der Waals surface area contributed by atoms with Crippen LogP contribution in [0.1, 0.15) is 26.6 Å². The molecule has 2 aromatic rings. The van der Waals surface area contributed by atoms with Crippen molar-refractivity contribution in [1.82, 2.24) is 14.9 Å². The molecule has 0 aliphatic carbocycles. The largest absolute Gasteiger partial charge is 0.334 e. The van der Waals surface area contributed by atoms with E-state index in [0.29, 0.717) is 5.56 Å². The molecule has 0 unspecified atom stereocenters. The van der Waals surface area contributed by atoms with Crippen molar-refractivity contribution in [3.63, 3.8) is 0 Å². The van der Waals surface area contributed by atoms with Gasteiger partial charge in [0.2, 0.25) is 10.0 Å². The minimum Gasteiger partial charge on any atom is -0.334 e. The minimum atomic E-state index is -3.47. The Kier molecular flexibility index (Phi) is 4.84. The zero-order valence-electron chi connectivity index (χ0n) is 13.8. The summed E-state index contributed by atoms with van der Waals surface area (Å²) in [6, 6.07) is 6.17. The van der Waals surface area contributed by atoms with Gasteiger partial charge < -0.3 is 4.52 Å². The molecule has 1 aromatic carbocycles. The molecule has 0 bridgehead atoms. The predicted octanol–water partition coefficient (Wildman–Crippen LogP) is 1.31. The van der Waals surface area contributed by atoms with Gasteiger partial charge in [-0.2, -0.15) is 4.98 Å². The van der Waals surface area contributed by atoms with Gasteiger partial charge in [0.25, 0.3) is 5.89 Å². The van der Waals surface area contributed by atoms with Crippen molar-refractivity contribution in [1.29, 1.82) is 0 Å². The van der Waals surface area contributed by atoms with Crippen molar-refractivity contribution in [3.8, 4) is 11.5 Å². The molecular formula is C14H19N3O5S2. The number of nitrogens with zero attached hydrogens (tertiary/aromatic N) is 2. The van der Waals surface area contributed by atoms with Gasteiger partial charge >= 0.3 is 0 Å². The first-order valence-electron chi connectivity index (χ1n) is 7.11. The zero-order valence-corrected chi connectivity index (χ0v) is 15.4. The van der Waals surface area contributed by atoms with Gasteiger partial charge in [0.15, 0.2) is 15.7 Å². The van der Waals surface area contributed by atoms with E-state index in [4.69, 9.17) is 4.52 Å². The first kappa shape index (κ1) is 18.6. The first-order chi connectivity index (χ1) is 10.9. The summed E-state index contributed by atoms with van der Waals surface area (Å²) >= 11 is 0. The molecule has 0 atom stereocenters. The quantitative estimate of drug-likeness (QED) is 0.811. The molecule has 0 radical (unpaired) electrons. The smallest absolute Gasteiger partial charge is 0.258 e. The third-order valence-corrected chi connectivity index (χ3v) is 5.86. The number of nitrogens with one attached hydrogen (secondary N) is 1. The Bertz CT molecular complexity index is 946. The van der Waals surface area contributed by atoms with Crippen LogP contribution in [0.2, 0.25) is 0 Å². The Hall–Kier alpha value is -1.78. The Morgan fingerprint density at radius 3 is 2.46 bits per heavy atom. The van der Waals surface area contributed by atoms with E-state index in [1.165, 1.54) is 12.1 Å². The average molecular weight is 373 g/mol. The van der Waals surface area contributed by atoms with E-state index < -0.39 is 25.4 Å². The second-order valence-electron chi connectivity index (χ2n) is 5.85. The highest BCUT2D eigenvalue weighted by molar-refractivity contribution is 7.91. The minimum absolute atomic E-state index is 0.0170. The van der Waals surface area contributed by atoms with Crippen LogP contribution in [0.5, 0.6) is 0 Å². The summed E-state index contributed by atoms with van der Waals surface area (Å²) in [7, 11) is -6.82. The van der Waals surface area contributed by atoms with Gasteiger partial charge in [0.05, 0.1) is 22.4 Å². The standard InChI is InChI=1S/C14H19N3O5S2/c1-5-24(20,21)11-8-6-7-10(9-11)12-15-13(16-22-12)14(2,3)17-23(4,18)19/h6-9,17H,5H2,1-4H3. The summed E-state index contributed by atoms with van der Waals surface area (Å²) in [4.78, 5) is 4.35. The molecule has 0 saturated carbocycles. The summed E-state index contributed by atoms with van der Waals surface area (Å²) in [5.41, 5.74) is -0.624. The number of benzene rings is 1. The normalized spacial score (nSPS) is 13.2. The molecule has 1 aromatic heterocycles. The fourth-order valence-corrected chi connectivity index (χ4v) is 4.04. The van der Waals surface area contributed by atoms with Crippen molar-refractivity contribution in [2.24, 2.45) is 0 Å². The van der Waals surface area contributed by atoms with Crippen LogP contribution in [0, 0.1) is 0 Å². The molecule has 0 aliphatic heterocycles. The monoisotopic (exact) mass is 373 g/mol. The highest BCUT2D eigenvalue weighted by Crippen LogP contribution is 2.25. The first-order valence-corrected chi connectivity index (χ1v) is 10.7. The van der Waals surface area contributed by atoms with E-state index >= 15 is 0 Å². The number of sulfone groups is 1. The number of hydrogen-bond donors (Lipinski definition) is 1. The molecule has 0 saturated heterocycles. The van der Waals surface area contributed by atoms with Crippen molar-refractivity contribution in [2.45, 2.75) is 31.2 Å². The third kappa shape index (κ3) is 4.19. The van der Waals surface area contributed by atoms with E-state index in [1.54, 1.807) is 32.9 Å². The van der Waals surface area contributed by atoms with Gasteiger partial charge in [0.1, 0.15) is 0 Å². The maximum absolute atomic E-state index is 12.0. The maximum atomic E-state index is 12.0. The van der Waals surface area contributed by atoms with Gasteiger partial charge in [-0.05, 0) is 32.0 Å². The van der Waals surface area contributed by atoms with Crippen LogP contribution in [-0.4, -0.2) is 39.0 Å². The van der Waals surface area contributed by atoms with Crippen LogP contribution < -0.4 is 4.72 Å². The zero-order chi connectivity index (χ0) is 18.2. The van der Waals surface area contributed by atoms with E-state index in [2.05, 4.69) is 14.9 Å². The molecular weight excluding hydrogens is 354 g/mol. The summed E-state index contributed by atoms with van der Waals surface area (Å²) in [6.07, 6.45) is 1.04. The highest BCUT2D eigenvalue weighted by Gasteiger charge is 2.30. The van der Waals surface area contributed by atoms with Gasteiger partial charge in [-0.1, -0.05) is 18.1 Å². The van der Waals surface area contributed by atoms with Crippen LogP contribution in [0.4, 0.5) is 0 Å². The van der Waals surface area contributed by atoms with Gasteiger partial charge in [-0.25, -0.2) is 21.6 Å². The molecule has 1 N–H and O–H groups in total. The molecule has 2 rings (SSSR count). The second-order valence-corrected chi connectivity index (χ2v) is 9.88. The SMILES string of the molecule is CCS(=O)(=O)c1cccc(-c2nc(C(C)(C)NS(C)(=O)=O)no2)c1. The van der Waals surface area contributed by atoms with Crippen molar-refractivity contribution in [2.75, 3.05) is 12.0 Å². The van der Waals surface area contributed by atoms with E-state index in [1.807, 2.05) is 0 Å². The Labute approximate surface area is 141 Å². The lowest BCUT2D eigenvalue weighted by molar-refractivity contribution is 0.382. The van der Waals surface area contributed by atoms with Gasteiger partial charge in [-0.15, -0.1) is 0 Å². The van der Waals surface area contributed by atoms with E-state index in [0.717, 1.165) is 6.26 Å². The lowest BCUT2D eigenvalue weighted by atomic mass is 10.1. The van der Waals surface area contributed by atoms with Gasteiger partial charge in [-0.3, -0.25) is 0 Å². The van der Waals surface area contributed by atoms with Crippen LogP contribution in [-0.2, 0) is 25.4 Å². The van der Waals surface area contributed by atoms with Crippen molar-refractivity contribution >= 4 is 19.9 Å². The maximum Gasteiger partial charge on any atom is 0.258 e. The molecule has 0 aliphatic rings. The number of hydrogen-bond acceptors (Lipinski definition) is 7. The van der Waals surface area contributed by atoms with E-state index in [9.17, 15) is 16.8 Å². The molecule has 132 valence electrons. The molecule has 10 heteroatoms. The fraction of sp³-hybridized carbons (Fsp3) is 0.429. The second kappa shape index (κ2) is 6.26. The van der Waals surface area contributed by atoms with Crippen molar-refractivity contribution < 1.29 is 21.4 Å². The number of sulfonamides is 1. The molecule has 0 spiro atoms. The summed E-state index contributed by atoms with van der Waals surface area (Å²) in [5, 5.41) is 3.80.